The summed E-state index contributed by atoms with van der Waals surface area (Å²) in [6.07, 6.45) is 7.62. The number of piperidine rings is 1. The van der Waals surface area contributed by atoms with Crippen molar-refractivity contribution in [1.82, 2.24) is 10.6 Å². The number of methoxy groups -OCH3 is 1. The Bertz CT molecular complexity index is 311. The van der Waals surface area contributed by atoms with Crippen LogP contribution in [-0.2, 0) is 9.53 Å². The SMILES string of the molecule is COC(=O)C(C)(C)NC1CCCC1C1CCCCN1. The molecular formula is C15H28N2O2. The third-order valence-electron chi connectivity index (χ3n) is 4.68. The summed E-state index contributed by atoms with van der Waals surface area (Å²) < 4.78 is 4.89. The predicted molar refractivity (Wildman–Crippen MR) is 76.0 cm³/mol. The van der Waals surface area contributed by atoms with Crippen LogP contribution in [0, 0.1) is 5.92 Å². The molecule has 4 heteroatoms. The number of carbonyl (C=O) groups excluding carboxylic acids is 1. The van der Waals surface area contributed by atoms with E-state index >= 15 is 0 Å². The molecular weight excluding hydrogens is 240 g/mol. The highest BCUT2D eigenvalue weighted by Crippen LogP contribution is 2.32. The van der Waals surface area contributed by atoms with Gasteiger partial charge in [0.15, 0.2) is 0 Å². The van der Waals surface area contributed by atoms with Gasteiger partial charge in [-0.25, -0.2) is 0 Å². The van der Waals surface area contributed by atoms with Gasteiger partial charge in [0.05, 0.1) is 7.11 Å². The van der Waals surface area contributed by atoms with Crippen LogP contribution in [-0.4, -0.2) is 37.2 Å². The molecule has 1 aliphatic heterocycles. The van der Waals surface area contributed by atoms with Crippen molar-refractivity contribution in [3.05, 3.63) is 0 Å². The van der Waals surface area contributed by atoms with Gasteiger partial charge in [0.2, 0.25) is 0 Å². The van der Waals surface area contributed by atoms with Crippen LogP contribution in [0.4, 0.5) is 0 Å². The summed E-state index contributed by atoms with van der Waals surface area (Å²) in [6, 6.07) is 1.06. The van der Waals surface area contributed by atoms with E-state index in [1.165, 1.54) is 45.6 Å². The topological polar surface area (TPSA) is 50.4 Å². The van der Waals surface area contributed by atoms with Crippen LogP contribution in [0.5, 0.6) is 0 Å². The maximum Gasteiger partial charge on any atom is 0.325 e. The van der Waals surface area contributed by atoms with Gasteiger partial charge in [0.25, 0.3) is 0 Å². The number of hydrogen-bond acceptors (Lipinski definition) is 4. The number of ether oxygens (including phenoxy) is 1. The van der Waals surface area contributed by atoms with Crippen LogP contribution in [0.3, 0.4) is 0 Å². The van der Waals surface area contributed by atoms with Crippen LogP contribution in [0.2, 0.25) is 0 Å². The highest BCUT2D eigenvalue weighted by molar-refractivity contribution is 5.79. The fourth-order valence-electron chi connectivity index (χ4n) is 3.67. The zero-order valence-electron chi connectivity index (χ0n) is 12.5. The average molecular weight is 268 g/mol. The minimum Gasteiger partial charge on any atom is -0.468 e. The highest BCUT2D eigenvalue weighted by Gasteiger charge is 2.39. The fraction of sp³-hybridized carbons (Fsp3) is 0.933. The molecule has 1 heterocycles. The maximum atomic E-state index is 11.8. The minimum absolute atomic E-state index is 0.172. The third kappa shape index (κ3) is 3.48. The molecule has 3 unspecified atom stereocenters. The summed E-state index contributed by atoms with van der Waals surface area (Å²) in [5.74, 6) is 0.485. The van der Waals surface area contributed by atoms with Crippen LogP contribution in [0.25, 0.3) is 0 Å². The standard InChI is InChI=1S/C15H28N2O2/c1-15(2,14(18)19-3)17-13-9-6-7-11(13)12-8-4-5-10-16-12/h11-13,16-17H,4-10H2,1-3H3. The summed E-state index contributed by atoms with van der Waals surface area (Å²) in [4.78, 5) is 11.8. The van der Waals surface area contributed by atoms with E-state index in [9.17, 15) is 4.79 Å². The largest absolute Gasteiger partial charge is 0.468 e. The maximum absolute atomic E-state index is 11.8. The van der Waals surface area contributed by atoms with E-state index in [1.807, 2.05) is 13.8 Å². The average Bonchev–Trinajstić information content (AvgIpc) is 2.86. The van der Waals surface area contributed by atoms with Crippen molar-refractivity contribution in [3.8, 4) is 0 Å². The lowest BCUT2D eigenvalue weighted by Crippen LogP contribution is -2.56. The molecule has 1 saturated carbocycles. The molecule has 2 rings (SSSR count). The van der Waals surface area contributed by atoms with E-state index in [1.54, 1.807) is 0 Å². The van der Waals surface area contributed by atoms with Crippen molar-refractivity contribution in [2.45, 2.75) is 70.0 Å². The molecule has 0 spiro atoms. The van der Waals surface area contributed by atoms with Gasteiger partial charge in [0, 0.05) is 12.1 Å². The molecule has 4 nitrogen and oxygen atoms in total. The fourth-order valence-corrected chi connectivity index (χ4v) is 3.67. The van der Waals surface area contributed by atoms with Gasteiger partial charge in [0.1, 0.15) is 5.54 Å². The van der Waals surface area contributed by atoms with E-state index in [0.717, 1.165) is 6.54 Å². The smallest absolute Gasteiger partial charge is 0.325 e. The van der Waals surface area contributed by atoms with Crippen molar-refractivity contribution in [2.24, 2.45) is 5.92 Å². The summed E-state index contributed by atoms with van der Waals surface area (Å²) in [5.41, 5.74) is -0.587. The number of carbonyl (C=O) groups is 1. The Labute approximate surface area is 116 Å². The molecule has 1 aliphatic carbocycles. The van der Waals surface area contributed by atoms with E-state index in [-0.39, 0.29) is 5.97 Å². The Balaban J connectivity index is 1.96. The van der Waals surface area contributed by atoms with Crippen molar-refractivity contribution in [1.29, 1.82) is 0 Å². The van der Waals surface area contributed by atoms with Crippen molar-refractivity contribution < 1.29 is 9.53 Å². The van der Waals surface area contributed by atoms with Crippen molar-refractivity contribution >= 4 is 5.97 Å². The van der Waals surface area contributed by atoms with Crippen LogP contribution in [0.1, 0.15) is 52.4 Å². The van der Waals surface area contributed by atoms with Gasteiger partial charge in [-0.15, -0.1) is 0 Å². The normalized spacial score (nSPS) is 32.3. The van der Waals surface area contributed by atoms with Gasteiger partial charge in [-0.05, 0) is 52.0 Å². The number of hydrogen-bond donors (Lipinski definition) is 2. The molecule has 0 amide bonds. The highest BCUT2D eigenvalue weighted by atomic mass is 16.5. The molecule has 2 aliphatic rings. The lowest BCUT2D eigenvalue weighted by Gasteiger charge is -2.36. The Morgan fingerprint density at radius 2 is 2.00 bits per heavy atom. The Morgan fingerprint density at radius 3 is 2.63 bits per heavy atom. The Hall–Kier alpha value is -0.610. The first-order valence-electron chi connectivity index (χ1n) is 7.64. The van der Waals surface area contributed by atoms with E-state index < -0.39 is 5.54 Å². The van der Waals surface area contributed by atoms with Crippen molar-refractivity contribution in [3.63, 3.8) is 0 Å². The van der Waals surface area contributed by atoms with Gasteiger partial charge in [-0.3, -0.25) is 10.1 Å². The second-order valence-electron chi connectivity index (χ2n) is 6.52. The van der Waals surface area contributed by atoms with E-state index in [0.29, 0.717) is 18.0 Å². The molecule has 3 atom stereocenters. The molecule has 19 heavy (non-hydrogen) atoms. The second-order valence-corrected chi connectivity index (χ2v) is 6.52. The Kier molecular flexibility index (Phi) is 4.85. The molecule has 0 aromatic carbocycles. The first-order chi connectivity index (χ1) is 9.04. The lowest BCUT2D eigenvalue weighted by atomic mass is 9.87. The van der Waals surface area contributed by atoms with E-state index in [4.69, 9.17) is 4.74 Å². The second kappa shape index (κ2) is 6.23. The van der Waals surface area contributed by atoms with Gasteiger partial charge < -0.3 is 10.1 Å². The summed E-state index contributed by atoms with van der Waals surface area (Å²) in [5, 5.41) is 7.20. The molecule has 1 saturated heterocycles. The van der Waals surface area contributed by atoms with Gasteiger partial charge >= 0.3 is 5.97 Å². The molecule has 0 radical (unpaired) electrons. The zero-order chi connectivity index (χ0) is 13.9. The first kappa shape index (κ1) is 14.8. The van der Waals surface area contributed by atoms with Crippen molar-refractivity contribution in [2.75, 3.05) is 13.7 Å². The quantitative estimate of drug-likeness (QED) is 0.764. The monoisotopic (exact) mass is 268 g/mol. The summed E-state index contributed by atoms with van der Waals surface area (Å²) in [6.45, 7) is 4.99. The predicted octanol–water partition coefficient (Wildman–Crippen LogP) is 1.84. The molecule has 0 aromatic heterocycles. The zero-order valence-corrected chi connectivity index (χ0v) is 12.5. The molecule has 0 bridgehead atoms. The molecule has 0 aromatic rings. The number of nitrogens with one attached hydrogen (secondary N) is 2. The minimum atomic E-state index is -0.587. The number of esters is 1. The summed E-state index contributed by atoms with van der Waals surface area (Å²) in [7, 11) is 1.46. The first-order valence-corrected chi connectivity index (χ1v) is 7.64. The van der Waals surface area contributed by atoms with Crippen LogP contribution < -0.4 is 10.6 Å². The molecule has 2 fully saturated rings. The van der Waals surface area contributed by atoms with Gasteiger partial charge in [-0.2, -0.15) is 0 Å². The lowest BCUT2D eigenvalue weighted by molar-refractivity contribution is -0.147. The van der Waals surface area contributed by atoms with Gasteiger partial charge in [-0.1, -0.05) is 12.8 Å². The van der Waals surface area contributed by atoms with Crippen LogP contribution in [0.15, 0.2) is 0 Å². The molecule has 110 valence electrons. The van der Waals surface area contributed by atoms with Crippen LogP contribution >= 0.6 is 0 Å². The Morgan fingerprint density at radius 1 is 1.21 bits per heavy atom. The van der Waals surface area contributed by atoms with E-state index in [2.05, 4.69) is 10.6 Å². The third-order valence-corrected chi connectivity index (χ3v) is 4.68. The number of rotatable bonds is 4. The summed E-state index contributed by atoms with van der Waals surface area (Å²) >= 11 is 0. The molecule has 2 N–H and O–H groups in total.